The van der Waals surface area contributed by atoms with Crippen molar-refractivity contribution in [3.05, 3.63) is 28.7 Å². The molecule has 1 aromatic carbocycles. The van der Waals surface area contributed by atoms with Gasteiger partial charge in [0, 0.05) is 29.0 Å². The first-order chi connectivity index (χ1) is 18.6. The predicted octanol–water partition coefficient (Wildman–Crippen LogP) is 8.18. The molecule has 1 aliphatic heterocycles. The van der Waals surface area contributed by atoms with E-state index in [0.717, 1.165) is 10.9 Å². The van der Waals surface area contributed by atoms with Crippen LogP contribution in [-0.4, -0.2) is 61.5 Å². The van der Waals surface area contributed by atoms with Gasteiger partial charge in [0.25, 0.3) is 0 Å². The highest BCUT2D eigenvalue weighted by atomic mass is 79.9. The van der Waals surface area contributed by atoms with E-state index in [1.54, 1.807) is 28.6 Å². The number of nitrogens with zero attached hydrogens (tertiary/aromatic N) is 2. The van der Waals surface area contributed by atoms with Crippen LogP contribution in [-0.2, 0) is 28.5 Å². The van der Waals surface area contributed by atoms with Crippen LogP contribution in [0.4, 0.5) is 0 Å². The number of hydrogen-bond acceptors (Lipinski definition) is 7. The molecular formula is C30H54BrN2O6PS. The van der Waals surface area contributed by atoms with Gasteiger partial charge in [-0.15, -0.1) is 0 Å². The minimum Gasteiger partial charge on any atom is -0.308 e. The lowest BCUT2D eigenvalue weighted by Crippen LogP contribution is -2.55. The molecule has 1 aliphatic rings. The van der Waals surface area contributed by atoms with Crippen molar-refractivity contribution in [2.75, 3.05) is 26.3 Å². The van der Waals surface area contributed by atoms with Crippen LogP contribution in [0.1, 0.15) is 89.5 Å². The highest BCUT2D eigenvalue weighted by Gasteiger charge is 2.53. The van der Waals surface area contributed by atoms with E-state index >= 15 is 0 Å². The van der Waals surface area contributed by atoms with Crippen LogP contribution in [0.25, 0.3) is 0 Å². The summed E-state index contributed by atoms with van der Waals surface area (Å²) in [5, 5.41) is 1.81. The van der Waals surface area contributed by atoms with Gasteiger partial charge >= 0.3 is 7.60 Å². The Kier molecular flexibility index (Phi) is 12.4. The minimum absolute atomic E-state index is 0.00266. The highest BCUT2D eigenvalue weighted by molar-refractivity contribution is 9.10. The third-order valence-electron chi connectivity index (χ3n) is 7.24. The Bertz CT molecular complexity index is 1130. The van der Waals surface area contributed by atoms with Crippen LogP contribution >= 0.6 is 23.5 Å². The molecule has 1 saturated heterocycles. The van der Waals surface area contributed by atoms with Crippen molar-refractivity contribution >= 4 is 33.5 Å². The Morgan fingerprint density at radius 2 is 1.49 bits per heavy atom. The molecule has 0 saturated carbocycles. The Balaban J connectivity index is 2.52. The molecule has 0 radical (unpaired) electrons. The normalized spacial score (nSPS) is 21.4. The molecule has 0 N–H and O–H groups in total. The number of benzene rings is 1. The Morgan fingerprint density at radius 3 is 1.90 bits per heavy atom. The monoisotopic (exact) mass is 680 g/mol. The van der Waals surface area contributed by atoms with Crippen molar-refractivity contribution in [2.45, 2.75) is 112 Å². The van der Waals surface area contributed by atoms with Gasteiger partial charge in [0.2, 0.25) is 10.0 Å². The molecule has 1 fully saturated rings. The number of hydrogen-bond donors (Lipinski definition) is 0. The van der Waals surface area contributed by atoms with Crippen molar-refractivity contribution < 1.29 is 26.9 Å². The van der Waals surface area contributed by atoms with Crippen LogP contribution in [0.3, 0.4) is 0 Å². The lowest BCUT2D eigenvalue weighted by atomic mass is 9.78. The second kappa shape index (κ2) is 13.8. The van der Waals surface area contributed by atoms with E-state index in [4.69, 9.17) is 13.9 Å². The summed E-state index contributed by atoms with van der Waals surface area (Å²) in [5.74, 6) is -0.693. The zero-order valence-corrected chi connectivity index (χ0v) is 30.5. The lowest BCUT2D eigenvalue weighted by Gasteiger charge is -2.49. The van der Waals surface area contributed by atoms with Crippen LogP contribution in [0.15, 0.2) is 33.6 Å². The topological polar surface area (TPSA) is 85.4 Å². The first-order valence-corrected chi connectivity index (χ1v) is 18.5. The van der Waals surface area contributed by atoms with Crippen molar-refractivity contribution in [1.29, 1.82) is 0 Å². The second-order valence-corrected chi connectivity index (χ2v) is 19.3. The number of sulfonamides is 1. The maximum Gasteiger partial charge on any atom is 0.350 e. The van der Waals surface area contributed by atoms with Crippen molar-refractivity contribution in [1.82, 2.24) is 9.37 Å². The van der Waals surface area contributed by atoms with E-state index in [2.05, 4.69) is 36.7 Å². The SMILES string of the molecule is CCOP(=O)(OCC)C(N(OC(C)[C@@H]1CN(S(=O)(=O)c2ccc(Br)cc2)C[C@@H]1CC(C)(C)C)C(C)(C)C)C(C)(C)C. The molecule has 0 aromatic heterocycles. The summed E-state index contributed by atoms with van der Waals surface area (Å²) in [7, 11) is -7.32. The minimum atomic E-state index is -3.69. The molecule has 41 heavy (non-hydrogen) atoms. The maximum absolute atomic E-state index is 14.3. The molecule has 1 heterocycles. The first-order valence-electron chi connectivity index (χ1n) is 14.7. The molecule has 0 spiro atoms. The van der Waals surface area contributed by atoms with Gasteiger partial charge in [-0.25, -0.2) is 8.42 Å². The lowest BCUT2D eigenvalue weighted by molar-refractivity contribution is -0.273. The molecule has 2 unspecified atom stereocenters. The van der Waals surface area contributed by atoms with Gasteiger partial charge in [0.1, 0.15) is 5.78 Å². The summed E-state index contributed by atoms with van der Waals surface area (Å²) in [6.45, 7) is 25.5. The molecule has 1 aromatic rings. The van der Waals surface area contributed by atoms with Crippen molar-refractivity contribution in [3.63, 3.8) is 0 Å². The van der Waals surface area contributed by atoms with E-state index in [1.165, 1.54) is 0 Å². The Morgan fingerprint density at radius 1 is 0.976 bits per heavy atom. The average Bonchev–Trinajstić information content (AvgIpc) is 3.20. The maximum atomic E-state index is 14.3. The molecule has 0 aliphatic carbocycles. The largest absolute Gasteiger partial charge is 0.350 e. The number of halogens is 1. The fraction of sp³-hybridized carbons (Fsp3) is 0.800. The van der Waals surface area contributed by atoms with Gasteiger partial charge in [0.05, 0.1) is 24.2 Å². The van der Waals surface area contributed by atoms with Crippen molar-refractivity contribution in [2.24, 2.45) is 22.7 Å². The third-order valence-corrected chi connectivity index (χ3v) is 12.4. The summed E-state index contributed by atoms with van der Waals surface area (Å²) in [6.07, 6.45) is 0.472. The summed E-state index contributed by atoms with van der Waals surface area (Å²) >= 11 is 3.40. The highest BCUT2D eigenvalue weighted by Crippen LogP contribution is 2.61. The fourth-order valence-electron chi connectivity index (χ4n) is 5.67. The quantitative estimate of drug-likeness (QED) is 0.163. The van der Waals surface area contributed by atoms with Gasteiger partial charge in [0.15, 0.2) is 0 Å². The number of rotatable bonds is 12. The zero-order valence-electron chi connectivity index (χ0n) is 27.2. The molecule has 2 rings (SSSR count). The van der Waals surface area contributed by atoms with E-state index in [1.807, 2.05) is 67.4 Å². The summed E-state index contributed by atoms with van der Waals surface area (Å²) < 4.78 is 55.9. The molecule has 4 atom stereocenters. The average molecular weight is 682 g/mol. The van der Waals surface area contributed by atoms with E-state index < -0.39 is 34.4 Å². The molecule has 238 valence electrons. The third kappa shape index (κ3) is 9.58. The predicted molar refractivity (Wildman–Crippen MR) is 170 cm³/mol. The molecule has 11 heteroatoms. The summed E-state index contributed by atoms with van der Waals surface area (Å²) in [6, 6.07) is 6.78. The van der Waals surface area contributed by atoms with Crippen LogP contribution in [0.2, 0.25) is 0 Å². The fourth-order valence-corrected chi connectivity index (χ4v) is 10.2. The molecule has 0 amide bonds. The van der Waals surface area contributed by atoms with E-state index in [0.29, 0.717) is 13.1 Å². The van der Waals surface area contributed by atoms with Crippen LogP contribution in [0, 0.1) is 22.7 Å². The molecule has 8 nitrogen and oxygen atoms in total. The first kappa shape index (κ1) is 36.9. The van der Waals surface area contributed by atoms with Crippen LogP contribution in [0.5, 0.6) is 0 Å². The van der Waals surface area contributed by atoms with Gasteiger partial charge in [-0.3, -0.25) is 9.40 Å². The second-order valence-electron chi connectivity index (χ2n) is 14.4. The summed E-state index contributed by atoms with van der Waals surface area (Å²) in [5.41, 5.74) is -1.08. The van der Waals surface area contributed by atoms with Crippen LogP contribution < -0.4 is 0 Å². The Hall–Kier alpha value is -0.320. The van der Waals surface area contributed by atoms with E-state index in [9.17, 15) is 13.0 Å². The smallest absolute Gasteiger partial charge is 0.308 e. The van der Waals surface area contributed by atoms with Gasteiger partial charge in [-0.1, -0.05) is 57.5 Å². The van der Waals surface area contributed by atoms with Gasteiger partial charge in [-0.2, -0.15) is 9.37 Å². The number of hydroxylamine groups is 2. The molecular weight excluding hydrogens is 627 g/mol. The molecule has 0 bridgehead atoms. The zero-order chi connectivity index (χ0) is 31.6. The van der Waals surface area contributed by atoms with E-state index in [-0.39, 0.29) is 41.5 Å². The Labute approximate surface area is 258 Å². The van der Waals surface area contributed by atoms with Gasteiger partial charge < -0.3 is 9.05 Å². The summed E-state index contributed by atoms with van der Waals surface area (Å²) in [4.78, 5) is 7.11. The van der Waals surface area contributed by atoms with Gasteiger partial charge in [-0.05, 0) is 89.0 Å². The van der Waals surface area contributed by atoms with Crippen molar-refractivity contribution in [3.8, 4) is 0 Å². The standard InChI is InChI=1S/C30H54BrN2O6PS/c1-13-37-40(34,38-14-2)27(29(7,8)9)33(30(10,11)12)39-22(3)26-21-32(20-23(26)19-28(4,5)6)41(35,36)25-17-15-24(31)16-18-25/h15-18,22-23,26-27H,13-14,19-21H2,1-12H3/t22?,23-,26-,27?/m0/s1.